The molecule has 0 saturated carbocycles. The highest BCUT2D eigenvalue weighted by molar-refractivity contribution is 6.21. The maximum absolute atomic E-state index is 13.2. The van der Waals surface area contributed by atoms with E-state index in [4.69, 9.17) is 0 Å². The molecule has 0 radical (unpaired) electrons. The average Bonchev–Trinajstić information content (AvgIpc) is 3.20. The van der Waals surface area contributed by atoms with Gasteiger partial charge in [0.05, 0.1) is 22.4 Å². The van der Waals surface area contributed by atoms with Crippen LogP contribution in [0.15, 0.2) is 49.1 Å². The Bertz CT molecular complexity index is 1170. The van der Waals surface area contributed by atoms with Crippen LogP contribution in [0, 0.1) is 5.92 Å². The molecule has 0 amide bonds. The van der Waals surface area contributed by atoms with Crippen molar-refractivity contribution in [2.45, 2.75) is 26.2 Å². The Morgan fingerprint density at radius 2 is 1.52 bits per heavy atom. The molecular formula is C21H16F6N4O2. The first kappa shape index (κ1) is 24.0. The van der Waals surface area contributed by atoms with E-state index < -0.39 is 46.8 Å². The van der Waals surface area contributed by atoms with Gasteiger partial charge >= 0.3 is 18.3 Å². The summed E-state index contributed by atoms with van der Waals surface area (Å²) in [7, 11) is 0. The van der Waals surface area contributed by atoms with Crippen LogP contribution in [0.4, 0.5) is 26.3 Å². The van der Waals surface area contributed by atoms with Crippen molar-refractivity contribution >= 4 is 17.2 Å². The molecule has 2 aromatic heterocycles. The zero-order valence-corrected chi connectivity index (χ0v) is 17.1. The summed E-state index contributed by atoms with van der Waals surface area (Å²) in [6.45, 7) is 3.32. The summed E-state index contributed by atoms with van der Waals surface area (Å²) in [5.74, 6) is -2.18. The summed E-state index contributed by atoms with van der Waals surface area (Å²) in [6, 6.07) is 3.92. The number of carboxylic acid groups (broad SMARTS) is 1. The quantitative estimate of drug-likeness (QED) is 0.394. The molecule has 0 aliphatic carbocycles. The Kier molecular flexibility index (Phi) is 6.30. The second-order valence-corrected chi connectivity index (χ2v) is 7.26. The van der Waals surface area contributed by atoms with Crippen LogP contribution in [-0.4, -0.2) is 30.8 Å². The molecule has 0 unspecified atom stereocenters. The third kappa shape index (κ3) is 5.21. The Morgan fingerprint density at radius 3 is 1.97 bits per heavy atom. The maximum Gasteiger partial charge on any atom is 0.416 e. The molecular weight excluding hydrogens is 454 g/mol. The van der Waals surface area contributed by atoms with Crippen molar-refractivity contribution in [1.82, 2.24) is 19.7 Å². The van der Waals surface area contributed by atoms with Crippen LogP contribution in [0.3, 0.4) is 0 Å². The van der Waals surface area contributed by atoms with Crippen LogP contribution < -0.4 is 0 Å². The number of carboxylic acids is 1. The Balaban J connectivity index is 2.20. The summed E-state index contributed by atoms with van der Waals surface area (Å²) < 4.78 is 80.1. The van der Waals surface area contributed by atoms with E-state index in [1.165, 1.54) is 24.5 Å². The lowest BCUT2D eigenvalue weighted by molar-refractivity contribution is -0.143. The van der Waals surface area contributed by atoms with E-state index in [2.05, 4.69) is 15.1 Å². The van der Waals surface area contributed by atoms with Gasteiger partial charge in [-0.3, -0.25) is 4.98 Å². The molecule has 1 N–H and O–H groups in total. The van der Waals surface area contributed by atoms with Gasteiger partial charge < -0.3 is 5.11 Å². The summed E-state index contributed by atoms with van der Waals surface area (Å²) in [5, 5.41) is 13.8. The minimum Gasteiger partial charge on any atom is -0.478 e. The lowest BCUT2D eigenvalue weighted by Crippen LogP contribution is -2.13. The zero-order chi connectivity index (χ0) is 24.6. The zero-order valence-electron chi connectivity index (χ0n) is 17.1. The third-order valence-corrected chi connectivity index (χ3v) is 4.57. The fraction of sp³-hybridized carbons (Fsp3) is 0.238. The van der Waals surface area contributed by atoms with Gasteiger partial charge in [0, 0.05) is 18.0 Å². The highest BCUT2D eigenvalue weighted by Crippen LogP contribution is 2.38. The molecule has 0 saturated heterocycles. The average molecular weight is 470 g/mol. The van der Waals surface area contributed by atoms with Gasteiger partial charge in [0.15, 0.2) is 5.82 Å². The number of nitrogens with zero attached hydrogens (tertiary/aromatic N) is 4. The van der Waals surface area contributed by atoms with Gasteiger partial charge in [-0.15, -0.1) is 5.10 Å². The Morgan fingerprint density at radius 1 is 0.970 bits per heavy atom. The number of pyridine rings is 1. The predicted molar refractivity (Wildman–Crippen MR) is 105 cm³/mol. The number of hydrogen-bond donors (Lipinski definition) is 1. The number of carbonyl (C=O) groups is 1. The number of aromatic nitrogens is 4. The minimum absolute atomic E-state index is 0.00587. The molecule has 0 atom stereocenters. The SMILES string of the molecule is CC(C)/C(=C(\C(=O)O)c1ccncc1)n1cnc(-c2cc(C(F)(F)F)cc(C(F)(F)F)c2)n1. The molecule has 0 fully saturated rings. The largest absolute Gasteiger partial charge is 0.478 e. The van der Waals surface area contributed by atoms with E-state index in [0.717, 1.165) is 11.0 Å². The molecule has 0 bridgehead atoms. The number of allylic oxidation sites excluding steroid dienone is 1. The normalized spacial score (nSPS) is 13.2. The molecule has 0 aliphatic rings. The Hall–Kier alpha value is -3.70. The molecule has 33 heavy (non-hydrogen) atoms. The molecule has 174 valence electrons. The second kappa shape index (κ2) is 8.68. The van der Waals surface area contributed by atoms with Gasteiger partial charge in [-0.1, -0.05) is 13.8 Å². The first-order valence-corrected chi connectivity index (χ1v) is 9.38. The van der Waals surface area contributed by atoms with Crippen molar-refractivity contribution in [3.05, 3.63) is 65.7 Å². The summed E-state index contributed by atoms with van der Waals surface area (Å²) in [6.07, 6.45) is -6.25. The van der Waals surface area contributed by atoms with E-state index in [-0.39, 0.29) is 22.9 Å². The fourth-order valence-electron chi connectivity index (χ4n) is 3.16. The van der Waals surface area contributed by atoms with Gasteiger partial charge in [-0.05, 0) is 41.8 Å². The van der Waals surface area contributed by atoms with Crippen LogP contribution in [0.25, 0.3) is 22.7 Å². The fourth-order valence-corrected chi connectivity index (χ4v) is 3.16. The molecule has 3 aromatic rings. The van der Waals surface area contributed by atoms with E-state index in [1.54, 1.807) is 13.8 Å². The van der Waals surface area contributed by atoms with Crippen molar-refractivity contribution in [2.24, 2.45) is 5.92 Å². The van der Waals surface area contributed by atoms with Crippen LogP contribution in [0.5, 0.6) is 0 Å². The first-order valence-electron chi connectivity index (χ1n) is 9.38. The predicted octanol–water partition coefficient (Wildman–Crippen LogP) is 5.49. The molecule has 3 rings (SSSR count). The number of alkyl halides is 6. The van der Waals surface area contributed by atoms with Crippen LogP contribution >= 0.6 is 0 Å². The van der Waals surface area contributed by atoms with Crippen molar-refractivity contribution < 1.29 is 36.2 Å². The van der Waals surface area contributed by atoms with Gasteiger partial charge in [-0.2, -0.15) is 26.3 Å². The van der Waals surface area contributed by atoms with Gasteiger partial charge in [-0.25, -0.2) is 14.5 Å². The smallest absolute Gasteiger partial charge is 0.416 e. The van der Waals surface area contributed by atoms with E-state index in [9.17, 15) is 36.2 Å². The van der Waals surface area contributed by atoms with Gasteiger partial charge in [0.25, 0.3) is 0 Å². The highest BCUT2D eigenvalue weighted by Gasteiger charge is 2.37. The van der Waals surface area contributed by atoms with Crippen molar-refractivity contribution in [3.63, 3.8) is 0 Å². The van der Waals surface area contributed by atoms with Crippen LogP contribution in [-0.2, 0) is 17.1 Å². The van der Waals surface area contributed by atoms with Gasteiger partial charge in [0.1, 0.15) is 6.33 Å². The summed E-state index contributed by atoms with van der Waals surface area (Å²) in [4.78, 5) is 19.7. The Labute approximate surface area is 183 Å². The monoisotopic (exact) mass is 470 g/mol. The lowest BCUT2D eigenvalue weighted by Gasteiger charge is -2.16. The van der Waals surface area contributed by atoms with E-state index in [1.807, 2.05) is 0 Å². The number of hydrogen-bond acceptors (Lipinski definition) is 4. The number of aliphatic carboxylic acids is 1. The topological polar surface area (TPSA) is 80.9 Å². The summed E-state index contributed by atoms with van der Waals surface area (Å²) in [5.41, 5.74) is -3.27. The number of halogens is 6. The standard InChI is InChI=1S/C21H16F6N4O2/c1-11(2)17(16(19(32)33)12-3-5-28-6-4-12)31-10-29-18(30-31)13-7-14(20(22,23)24)9-15(8-13)21(25,26)27/h3-11H,1-2H3,(H,32,33)/b17-16+. The van der Waals surface area contributed by atoms with Crippen molar-refractivity contribution in [3.8, 4) is 11.4 Å². The molecule has 12 heteroatoms. The maximum atomic E-state index is 13.2. The number of rotatable bonds is 5. The van der Waals surface area contributed by atoms with Crippen LogP contribution in [0.1, 0.15) is 30.5 Å². The van der Waals surface area contributed by atoms with E-state index in [0.29, 0.717) is 12.1 Å². The van der Waals surface area contributed by atoms with Crippen LogP contribution in [0.2, 0.25) is 0 Å². The summed E-state index contributed by atoms with van der Waals surface area (Å²) >= 11 is 0. The molecule has 0 aliphatic heterocycles. The minimum atomic E-state index is -5.03. The molecule has 6 nitrogen and oxygen atoms in total. The van der Waals surface area contributed by atoms with Crippen molar-refractivity contribution in [2.75, 3.05) is 0 Å². The number of benzene rings is 1. The lowest BCUT2D eigenvalue weighted by atomic mass is 9.98. The van der Waals surface area contributed by atoms with Crippen molar-refractivity contribution in [1.29, 1.82) is 0 Å². The first-order chi connectivity index (χ1) is 15.3. The third-order valence-electron chi connectivity index (χ3n) is 4.57. The van der Waals surface area contributed by atoms with Gasteiger partial charge in [0.2, 0.25) is 0 Å². The molecule has 1 aromatic carbocycles. The molecule has 2 heterocycles. The second-order valence-electron chi connectivity index (χ2n) is 7.26. The molecule has 0 spiro atoms. The highest BCUT2D eigenvalue weighted by atomic mass is 19.4. The van der Waals surface area contributed by atoms with E-state index >= 15 is 0 Å².